The lowest BCUT2D eigenvalue weighted by Crippen LogP contribution is -2.29. The Morgan fingerprint density at radius 2 is 1.63 bits per heavy atom. The van der Waals surface area contributed by atoms with Crippen molar-refractivity contribution in [3.63, 3.8) is 0 Å². The molecule has 2 aromatic carbocycles. The fourth-order valence-electron chi connectivity index (χ4n) is 2.01. The predicted octanol–water partition coefficient (Wildman–Crippen LogP) is 3.59. The Morgan fingerprint density at radius 3 is 2.26 bits per heavy atom. The lowest BCUT2D eigenvalue weighted by Gasteiger charge is -2.20. The number of hydrogen-bond acceptors (Lipinski definition) is 2. The van der Waals surface area contributed by atoms with Gasteiger partial charge in [0.05, 0.1) is 6.04 Å². The Morgan fingerprint density at radius 1 is 1.05 bits per heavy atom. The molecule has 0 aliphatic carbocycles. The summed E-state index contributed by atoms with van der Waals surface area (Å²) in [6.07, 6.45) is 0. The van der Waals surface area contributed by atoms with E-state index in [-0.39, 0.29) is 11.6 Å². The highest BCUT2D eigenvalue weighted by molar-refractivity contribution is 9.10. The van der Waals surface area contributed by atoms with E-state index in [1.807, 2.05) is 6.92 Å². The first-order chi connectivity index (χ1) is 9.02. The second-order valence-corrected chi connectivity index (χ2v) is 5.12. The molecule has 100 valence electrons. The maximum Gasteiger partial charge on any atom is 0.123 e. The Kier molecular flexibility index (Phi) is 4.29. The minimum Gasteiger partial charge on any atom is -0.271 e. The van der Waals surface area contributed by atoms with E-state index < -0.39 is 6.04 Å². The smallest absolute Gasteiger partial charge is 0.123 e. The minimum atomic E-state index is -0.485. The first kappa shape index (κ1) is 14.1. The Labute approximate surface area is 118 Å². The number of aryl methyl sites for hydroxylation is 1. The van der Waals surface area contributed by atoms with Gasteiger partial charge < -0.3 is 0 Å². The molecule has 0 amide bonds. The van der Waals surface area contributed by atoms with E-state index in [4.69, 9.17) is 5.84 Å². The third-order valence-electron chi connectivity index (χ3n) is 2.99. The second kappa shape index (κ2) is 5.77. The highest BCUT2D eigenvalue weighted by Gasteiger charge is 2.18. The average Bonchev–Trinajstić information content (AvgIpc) is 2.38. The Bertz CT molecular complexity index is 550. The van der Waals surface area contributed by atoms with Gasteiger partial charge in [0.15, 0.2) is 0 Å². The van der Waals surface area contributed by atoms with Crippen LogP contribution in [0.3, 0.4) is 0 Å². The number of hydrogen-bond donors (Lipinski definition) is 2. The van der Waals surface area contributed by atoms with Gasteiger partial charge in [-0.3, -0.25) is 5.84 Å². The molecule has 2 nitrogen and oxygen atoms in total. The topological polar surface area (TPSA) is 38.0 Å². The van der Waals surface area contributed by atoms with Gasteiger partial charge in [-0.25, -0.2) is 14.2 Å². The predicted molar refractivity (Wildman–Crippen MR) is 74.4 cm³/mol. The Balaban J connectivity index is 2.55. The van der Waals surface area contributed by atoms with E-state index in [0.717, 1.165) is 5.56 Å². The van der Waals surface area contributed by atoms with Crippen LogP contribution < -0.4 is 11.3 Å². The van der Waals surface area contributed by atoms with E-state index in [9.17, 15) is 8.78 Å². The van der Waals surface area contributed by atoms with Gasteiger partial charge in [0, 0.05) is 4.47 Å². The molecule has 0 saturated carbocycles. The van der Waals surface area contributed by atoms with Crippen LogP contribution in [0.1, 0.15) is 22.7 Å². The zero-order valence-corrected chi connectivity index (χ0v) is 11.8. The van der Waals surface area contributed by atoms with E-state index in [0.29, 0.717) is 15.6 Å². The van der Waals surface area contributed by atoms with Crippen LogP contribution in [0.15, 0.2) is 40.9 Å². The van der Waals surface area contributed by atoms with Crippen LogP contribution in [-0.2, 0) is 0 Å². The van der Waals surface area contributed by atoms with E-state index >= 15 is 0 Å². The zero-order valence-electron chi connectivity index (χ0n) is 10.3. The van der Waals surface area contributed by atoms with Crippen molar-refractivity contribution in [1.82, 2.24) is 5.43 Å². The maximum atomic E-state index is 13.4. The van der Waals surface area contributed by atoms with Crippen LogP contribution in [0.25, 0.3) is 0 Å². The number of nitrogens with one attached hydrogen (secondary N) is 1. The standard InChI is InChI=1S/C14H13BrF2N2/c1-8-2-3-9(16)6-11(8)14(19-18)12-7-10(17)4-5-13(12)15/h2-7,14,19H,18H2,1H3. The van der Waals surface area contributed by atoms with Crippen LogP contribution in [0, 0.1) is 18.6 Å². The first-order valence-corrected chi connectivity index (χ1v) is 6.49. The molecule has 1 atom stereocenters. The van der Waals surface area contributed by atoms with Crippen LogP contribution in [0.5, 0.6) is 0 Å². The fourth-order valence-corrected chi connectivity index (χ4v) is 2.48. The fraction of sp³-hybridized carbons (Fsp3) is 0.143. The second-order valence-electron chi connectivity index (χ2n) is 4.27. The van der Waals surface area contributed by atoms with Crippen molar-refractivity contribution in [2.45, 2.75) is 13.0 Å². The third kappa shape index (κ3) is 3.00. The lowest BCUT2D eigenvalue weighted by molar-refractivity contribution is 0.591. The summed E-state index contributed by atoms with van der Waals surface area (Å²) in [6, 6.07) is 8.29. The largest absolute Gasteiger partial charge is 0.271 e. The molecule has 0 radical (unpaired) electrons. The lowest BCUT2D eigenvalue weighted by atomic mass is 9.95. The molecule has 0 bridgehead atoms. The molecule has 0 aliphatic heterocycles. The van der Waals surface area contributed by atoms with Gasteiger partial charge in [0.25, 0.3) is 0 Å². The van der Waals surface area contributed by atoms with Crippen molar-refractivity contribution in [2.24, 2.45) is 5.84 Å². The summed E-state index contributed by atoms with van der Waals surface area (Å²) in [4.78, 5) is 0. The molecule has 2 aromatic rings. The SMILES string of the molecule is Cc1ccc(F)cc1C(NN)c1cc(F)ccc1Br. The van der Waals surface area contributed by atoms with Gasteiger partial charge in [-0.2, -0.15) is 0 Å². The van der Waals surface area contributed by atoms with Crippen molar-refractivity contribution in [3.8, 4) is 0 Å². The molecule has 0 aliphatic rings. The third-order valence-corrected chi connectivity index (χ3v) is 3.71. The number of hydrazine groups is 1. The molecular weight excluding hydrogens is 314 g/mol. The molecule has 0 spiro atoms. The highest BCUT2D eigenvalue weighted by Crippen LogP contribution is 2.30. The van der Waals surface area contributed by atoms with Crippen molar-refractivity contribution in [3.05, 3.63) is 69.2 Å². The van der Waals surface area contributed by atoms with Crippen molar-refractivity contribution < 1.29 is 8.78 Å². The molecule has 0 heterocycles. The quantitative estimate of drug-likeness (QED) is 0.668. The molecule has 0 saturated heterocycles. The zero-order chi connectivity index (χ0) is 14.0. The van der Waals surface area contributed by atoms with E-state index in [2.05, 4.69) is 21.4 Å². The minimum absolute atomic E-state index is 0.353. The highest BCUT2D eigenvalue weighted by atomic mass is 79.9. The van der Waals surface area contributed by atoms with Crippen molar-refractivity contribution in [1.29, 1.82) is 0 Å². The van der Waals surface area contributed by atoms with Gasteiger partial charge in [0.1, 0.15) is 11.6 Å². The number of halogens is 3. The molecule has 0 aromatic heterocycles. The number of rotatable bonds is 3. The molecule has 19 heavy (non-hydrogen) atoms. The van der Waals surface area contributed by atoms with Crippen LogP contribution >= 0.6 is 15.9 Å². The Hall–Kier alpha value is -1.30. The summed E-state index contributed by atoms with van der Waals surface area (Å²) in [7, 11) is 0. The summed E-state index contributed by atoms with van der Waals surface area (Å²) in [5.41, 5.74) is 4.78. The summed E-state index contributed by atoms with van der Waals surface area (Å²) in [5.74, 6) is 4.84. The van der Waals surface area contributed by atoms with Gasteiger partial charge in [-0.1, -0.05) is 22.0 Å². The molecule has 2 rings (SSSR count). The number of nitrogens with two attached hydrogens (primary N) is 1. The van der Waals surface area contributed by atoms with E-state index in [1.54, 1.807) is 12.1 Å². The molecular formula is C14H13BrF2N2. The molecule has 3 N–H and O–H groups in total. The molecule has 1 unspecified atom stereocenters. The maximum absolute atomic E-state index is 13.4. The first-order valence-electron chi connectivity index (χ1n) is 5.70. The summed E-state index contributed by atoms with van der Waals surface area (Å²) in [5, 5.41) is 0. The summed E-state index contributed by atoms with van der Waals surface area (Å²) in [6.45, 7) is 1.85. The van der Waals surface area contributed by atoms with Crippen LogP contribution in [0.2, 0.25) is 0 Å². The normalized spacial score (nSPS) is 12.5. The number of benzene rings is 2. The van der Waals surface area contributed by atoms with Crippen LogP contribution in [-0.4, -0.2) is 0 Å². The molecule has 5 heteroatoms. The van der Waals surface area contributed by atoms with Crippen molar-refractivity contribution >= 4 is 15.9 Å². The van der Waals surface area contributed by atoms with Gasteiger partial charge in [-0.15, -0.1) is 0 Å². The van der Waals surface area contributed by atoms with Gasteiger partial charge in [0.2, 0.25) is 0 Å². The monoisotopic (exact) mass is 326 g/mol. The molecule has 0 fully saturated rings. The van der Waals surface area contributed by atoms with Gasteiger partial charge in [-0.05, 0) is 53.9 Å². The summed E-state index contributed by atoms with van der Waals surface area (Å²) >= 11 is 3.36. The van der Waals surface area contributed by atoms with Gasteiger partial charge >= 0.3 is 0 Å². The van der Waals surface area contributed by atoms with Crippen LogP contribution in [0.4, 0.5) is 8.78 Å². The summed E-state index contributed by atoms with van der Waals surface area (Å²) < 4.78 is 27.5. The van der Waals surface area contributed by atoms with Crippen molar-refractivity contribution in [2.75, 3.05) is 0 Å². The average molecular weight is 327 g/mol. The van der Waals surface area contributed by atoms with E-state index in [1.165, 1.54) is 24.3 Å².